The predicted octanol–water partition coefficient (Wildman–Crippen LogP) is 5.12. The number of aromatic nitrogens is 2. The van der Waals surface area contributed by atoms with E-state index in [2.05, 4.69) is 30.7 Å². The van der Waals surface area contributed by atoms with Crippen molar-refractivity contribution >= 4 is 28.1 Å². The van der Waals surface area contributed by atoms with Crippen molar-refractivity contribution in [3.05, 3.63) is 98.2 Å². The van der Waals surface area contributed by atoms with Crippen LogP contribution in [0.4, 0.5) is 0 Å². The molecule has 2 heterocycles. The van der Waals surface area contributed by atoms with E-state index >= 15 is 0 Å². The Kier molecular flexibility index (Phi) is 5.74. The van der Waals surface area contributed by atoms with E-state index in [0.717, 1.165) is 4.88 Å². The summed E-state index contributed by atoms with van der Waals surface area (Å²) in [5.41, 5.74) is 2.24. The highest BCUT2D eigenvalue weighted by Gasteiger charge is 2.20. The maximum atomic E-state index is 13.4. The van der Waals surface area contributed by atoms with Crippen LogP contribution in [0.1, 0.15) is 47.4 Å². The lowest BCUT2D eigenvalue weighted by molar-refractivity contribution is 0.0727. The molecule has 0 saturated heterocycles. The van der Waals surface area contributed by atoms with Crippen LogP contribution in [0.3, 0.4) is 0 Å². The number of rotatable bonds is 5. The van der Waals surface area contributed by atoms with E-state index in [9.17, 15) is 9.59 Å². The number of thiophene rings is 1. The third-order valence-corrected chi connectivity index (χ3v) is 6.08. The fourth-order valence-corrected chi connectivity index (χ4v) is 4.20. The molecule has 0 fully saturated rings. The van der Waals surface area contributed by atoms with E-state index in [1.165, 1.54) is 5.56 Å². The molecule has 0 spiro atoms. The van der Waals surface area contributed by atoms with Gasteiger partial charge in [-0.3, -0.25) is 9.59 Å². The van der Waals surface area contributed by atoms with Crippen LogP contribution in [0.2, 0.25) is 0 Å². The van der Waals surface area contributed by atoms with Crippen LogP contribution in [0, 0.1) is 0 Å². The van der Waals surface area contributed by atoms with Crippen LogP contribution >= 0.6 is 11.3 Å². The van der Waals surface area contributed by atoms with Gasteiger partial charge in [-0.2, -0.15) is 0 Å². The van der Waals surface area contributed by atoms with Crippen molar-refractivity contribution in [1.29, 1.82) is 0 Å². The minimum atomic E-state index is -0.196. The molecule has 158 valence electrons. The number of H-pyrrole nitrogens is 1. The van der Waals surface area contributed by atoms with Crippen LogP contribution in [0.15, 0.2) is 70.8 Å². The van der Waals surface area contributed by atoms with E-state index in [0.29, 0.717) is 28.8 Å². The molecule has 0 aliphatic rings. The van der Waals surface area contributed by atoms with Gasteiger partial charge in [0.05, 0.1) is 24.0 Å². The molecule has 4 aromatic rings. The van der Waals surface area contributed by atoms with Crippen molar-refractivity contribution in [2.45, 2.75) is 39.3 Å². The molecule has 4 rings (SSSR count). The number of carbonyl (C=O) groups excluding carboxylic acids is 1. The van der Waals surface area contributed by atoms with Gasteiger partial charge >= 0.3 is 0 Å². The number of nitrogens with one attached hydrogen (secondary N) is 1. The van der Waals surface area contributed by atoms with Crippen LogP contribution in [0.25, 0.3) is 10.9 Å². The standard InChI is InChI=1S/C25H25N3O2S/c1-25(2,3)18-12-10-17(11-13-18)24(30)28(15-19-7-6-14-31-19)16-22-26-21-9-5-4-8-20(21)23(29)27-22/h4-14H,15-16H2,1-3H3,(H,26,27,29). The van der Waals surface area contributed by atoms with E-state index in [4.69, 9.17) is 0 Å². The lowest BCUT2D eigenvalue weighted by Crippen LogP contribution is -2.31. The number of aromatic amines is 1. The van der Waals surface area contributed by atoms with Gasteiger partial charge in [0.15, 0.2) is 0 Å². The first-order valence-electron chi connectivity index (χ1n) is 10.2. The van der Waals surface area contributed by atoms with Gasteiger partial charge < -0.3 is 9.88 Å². The first-order valence-corrected chi connectivity index (χ1v) is 11.1. The van der Waals surface area contributed by atoms with Crippen LogP contribution in [0.5, 0.6) is 0 Å². The topological polar surface area (TPSA) is 66.1 Å². The van der Waals surface area contributed by atoms with E-state index in [1.807, 2.05) is 60.0 Å². The summed E-state index contributed by atoms with van der Waals surface area (Å²) in [7, 11) is 0. The smallest absolute Gasteiger partial charge is 0.258 e. The number of para-hydroxylation sites is 1. The van der Waals surface area contributed by atoms with E-state index in [1.54, 1.807) is 22.3 Å². The Morgan fingerprint density at radius 1 is 1.00 bits per heavy atom. The van der Waals surface area contributed by atoms with Crippen LogP contribution in [-0.4, -0.2) is 20.8 Å². The molecule has 0 bridgehead atoms. The summed E-state index contributed by atoms with van der Waals surface area (Å²) in [6.45, 7) is 7.11. The first kappa shape index (κ1) is 21.0. The molecular weight excluding hydrogens is 406 g/mol. The molecule has 0 aliphatic heterocycles. The van der Waals surface area contributed by atoms with Gasteiger partial charge in [-0.15, -0.1) is 11.3 Å². The molecule has 0 aliphatic carbocycles. The van der Waals surface area contributed by atoms with Gasteiger partial charge in [-0.25, -0.2) is 4.98 Å². The molecule has 5 nitrogen and oxygen atoms in total. The van der Waals surface area contributed by atoms with Gasteiger partial charge in [0.2, 0.25) is 0 Å². The number of benzene rings is 2. The molecule has 2 aromatic carbocycles. The normalized spacial score (nSPS) is 11.6. The molecule has 0 radical (unpaired) electrons. The maximum absolute atomic E-state index is 13.4. The Hall–Kier alpha value is -3.25. The monoisotopic (exact) mass is 431 g/mol. The second-order valence-electron chi connectivity index (χ2n) is 8.60. The fraction of sp³-hybridized carbons (Fsp3) is 0.240. The van der Waals surface area contributed by atoms with Crippen molar-refractivity contribution in [2.24, 2.45) is 0 Å². The van der Waals surface area contributed by atoms with Crippen molar-refractivity contribution in [2.75, 3.05) is 0 Å². The average molecular weight is 432 g/mol. The van der Waals surface area contributed by atoms with Gasteiger partial charge in [-0.05, 0) is 46.7 Å². The number of hydrogen-bond acceptors (Lipinski definition) is 4. The lowest BCUT2D eigenvalue weighted by atomic mass is 9.86. The number of amides is 1. The number of fused-ring (bicyclic) bond motifs is 1. The van der Waals surface area contributed by atoms with Crippen molar-refractivity contribution < 1.29 is 4.79 Å². The Morgan fingerprint density at radius 2 is 1.74 bits per heavy atom. The summed E-state index contributed by atoms with van der Waals surface area (Å²) in [5.74, 6) is 0.379. The van der Waals surface area contributed by atoms with Gasteiger partial charge in [0.1, 0.15) is 5.82 Å². The summed E-state index contributed by atoms with van der Waals surface area (Å²) >= 11 is 1.60. The predicted molar refractivity (Wildman–Crippen MR) is 125 cm³/mol. The highest BCUT2D eigenvalue weighted by Crippen LogP contribution is 2.23. The van der Waals surface area contributed by atoms with Crippen LogP contribution < -0.4 is 5.56 Å². The molecule has 2 aromatic heterocycles. The van der Waals surface area contributed by atoms with Crippen molar-refractivity contribution in [1.82, 2.24) is 14.9 Å². The summed E-state index contributed by atoms with van der Waals surface area (Å²) in [5, 5.41) is 2.53. The van der Waals surface area contributed by atoms with Gasteiger partial charge in [-0.1, -0.05) is 51.1 Å². The summed E-state index contributed by atoms with van der Waals surface area (Å²) in [6, 6.07) is 19.0. The molecule has 0 unspecified atom stereocenters. The SMILES string of the molecule is CC(C)(C)c1ccc(C(=O)N(Cc2nc3ccccc3c(=O)[nH]2)Cc2cccs2)cc1. The Morgan fingerprint density at radius 3 is 2.42 bits per heavy atom. The molecule has 1 amide bonds. The minimum Gasteiger partial charge on any atom is -0.326 e. The summed E-state index contributed by atoms with van der Waals surface area (Å²) in [6.07, 6.45) is 0. The number of nitrogens with zero attached hydrogens (tertiary/aromatic N) is 2. The van der Waals surface area contributed by atoms with Crippen molar-refractivity contribution in [3.8, 4) is 0 Å². The Bertz CT molecular complexity index is 1250. The third kappa shape index (κ3) is 4.75. The quantitative estimate of drug-likeness (QED) is 0.477. The highest BCUT2D eigenvalue weighted by molar-refractivity contribution is 7.09. The third-order valence-electron chi connectivity index (χ3n) is 5.21. The Labute approximate surface area is 185 Å². The minimum absolute atomic E-state index is 0.0206. The van der Waals surface area contributed by atoms with Gasteiger partial charge in [0.25, 0.3) is 11.5 Å². The molecule has 0 saturated carbocycles. The number of carbonyl (C=O) groups is 1. The zero-order valence-electron chi connectivity index (χ0n) is 17.9. The largest absolute Gasteiger partial charge is 0.326 e. The summed E-state index contributed by atoms with van der Waals surface area (Å²) in [4.78, 5) is 36.1. The second kappa shape index (κ2) is 8.47. The van der Waals surface area contributed by atoms with Crippen LogP contribution in [-0.2, 0) is 18.5 Å². The molecule has 0 atom stereocenters. The zero-order chi connectivity index (χ0) is 22.0. The molecule has 6 heteroatoms. The van der Waals surface area contributed by atoms with E-state index in [-0.39, 0.29) is 23.4 Å². The first-order chi connectivity index (χ1) is 14.8. The zero-order valence-corrected chi connectivity index (χ0v) is 18.7. The molecular formula is C25H25N3O2S. The number of hydrogen-bond donors (Lipinski definition) is 1. The average Bonchev–Trinajstić information content (AvgIpc) is 3.25. The Balaban J connectivity index is 1.66. The fourth-order valence-electron chi connectivity index (χ4n) is 3.48. The van der Waals surface area contributed by atoms with E-state index < -0.39 is 0 Å². The maximum Gasteiger partial charge on any atom is 0.258 e. The summed E-state index contributed by atoms with van der Waals surface area (Å²) < 4.78 is 0. The van der Waals surface area contributed by atoms with Gasteiger partial charge in [0, 0.05) is 10.4 Å². The second-order valence-corrected chi connectivity index (χ2v) is 9.63. The molecule has 31 heavy (non-hydrogen) atoms. The van der Waals surface area contributed by atoms with Crippen molar-refractivity contribution in [3.63, 3.8) is 0 Å². The highest BCUT2D eigenvalue weighted by atomic mass is 32.1. The molecule has 1 N–H and O–H groups in total. The lowest BCUT2D eigenvalue weighted by Gasteiger charge is -2.23.